The van der Waals surface area contributed by atoms with E-state index in [4.69, 9.17) is 42.1 Å². The second kappa shape index (κ2) is 13.7. The lowest BCUT2D eigenvalue weighted by Crippen LogP contribution is -2.32. The Bertz CT molecular complexity index is 1050. The minimum Gasteiger partial charge on any atom is -0.492 e. The smallest absolute Gasteiger partial charge is 0.258 e. The van der Waals surface area contributed by atoms with Crippen LogP contribution in [0, 0.1) is 0 Å². The van der Waals surface area contributed by atoms with Gasteiger partial charge in [0.05, 0.1) is 37.8 Å². The SMILES string of the molecule is CCOc1cc(N=NC(C(C)=O)C(=O)Nc2ccc(OCC)c(OCC)c2Cl)cc(OCC)c1Cl. The summed E-state index contributed by atoms with van der Waals surface area (Å²) >= 11 is 12.7. The van der Waals surface area contributed by atoms with Crippen molar-refractivity contribution < 1.29 is 28.5 Å². The van der Waals surface area contributed by atoms with E-state index in [0.29, 0.717) is 60.1 Å². The predicted octanol–water partition coefficient (Wildman–Crippen LogP) is 6.27. The second-order valence-corrected chi connectivity index (χ2v) is 7.72. The molecule has 2 aromatic carbocycles. The molecule has 9 nitrogen and oxygen atoms in total. The van der Waals surface area contributed by atoms with Gasteiger partial charge in [0.25, 0.3) is 5.91 Å². The molecule has 0 spiro atoms. The number of amides is 1. The summed E-state index contributed by atoms with van der Waals surface area (Å²) in [6.07, 6.45) is 0. The molecule has 35 heavy (non-hydrogen) atoms. The molecule has 1 N–H and O–H groups in total. The van der Waals surface area contributed by atoms with Crippen molar-refractivity contribution in [3.63, 3.8) is 0 Å². The number of halogens is 2. The van der Waals surface area contributed by atoms with Gasteiger partial charge in [0.15, 0.2) is 17.3 Å². The van der Waals surface area contributed by atoms with Crippen molar-refractivity contribution in [3.05, 3.63) is 34.3 Å². The molecule has 2 aromatic rings. The normalized spacial score (nSPS) is 11.7. The zero-order chi connectivity index (χ0) is 26.0. The standard InChI is InChI=1S/C24H29Cl2N3O6/c1-6-32-17-11-10-16(20(25)23(17)35-9-4)27-24(31)22(14(5)30)29-28-15-12-18(33-7-2)21(26)19(13-15)34-8-3/h10-13,22H,6-9H2,1-5H3,(H,27,31). The molecule has 0 saturated heterocycles. The Labute approximate surface area is 214 Å². The average Bonchev–Trinajstić information content (AvgIpc) is 2.81. The quantitative estimate of drug-likeness (QED) is 0.244. The lowest BCUT2D eigenvalue weighted by Gasteiger charge is -2.16. The van der Waals surface area contributed by atoms with E-state index in [-0.39, 0.29) is 10.7 Å². The van der Waals surface area contributed by atoms with Crippen LogP contribution in [-0.2, 0) is 9.59 Å². The highest BCUT2D eigenvalue weighted by Gasteiger charge is 2.25. The van der Waals surface area contributed by atoms with Crippen molar-refractivity contribution in [1.82, 2.24) is 0 Å². The van der Waals surface area contributed by atoms with Crippen LogP contribution in [0.25, 0.3) is 0 Å². The van der Waals surface area contributed by atoms with Gasteiger partial charge < -0.3 is 24.3 Å². The number of carbonyl (C=O) groups is 2. The molecule has 0 radical (unpaired) electrons. The van der Waals surface area contributed by atoms with Gasteiger partial charge in [-0.15, -0.1) is 0 Å². The highest BCUT2D eigenvalue weighted by molar-refractivity contribution is 6.35. The number of Topliss-reactive ketones (excluding diaryl/α,β-unsaturated/α-hetero) is 1. The van der Waals surface area contributed by atoms with Crippen LogP contribution in [0.5, 0.6) is 23.0 Å². The minimum atomic E-state index is -1.42. The molecule has 1 unspecified atom stereocenters. The molecule has 2 rings (SSSR count). The Balaban J connectivity index is 2.33. The Kier molecular flexibility index (Phi) is 11.1. The molecule has 190 valence electrons. The first kappa shape index (κ1) is 28.2. The number of ketones is 1. The van der Waals surface area contributed by atoms with Crippen LogP contribution in [0.1, 0.15) is 34.6 Å². The molecule has 11 heteroatoms. The van der Waals surface area contributed by atoms with Gasteiger partial charge in [0.1, 0.15) is 21.5 Å². The van der Waals surface area contributed by atoms with E-state index in [0.717, 1.165) is 0 Å². The first-order chi connectivity index (χ1) is 16.8. The van der Waals surface area contributed by atoms with Crippen LogP contribution in [-0.4, -0.2) is 44.2 Å². The van der Waals surface area contributed by atoms with Crippen LogP contribution >= 0.6 is 23.2 Å². The van der Waals surface area contributed by atoms with Gasteiger partial charge in [0, 0.05) is 12.1 Å². The molecular formula is C24H29Cl2N3O6. The Morgan fingerprint density at radius 1 is 0.857 bits per heavy atom. The highest BCUT2D eigenvalue weighted by atomic mass is 35.5. The molecule has 0 aliphatic carbocycles. The number of benzene rings is 2. The number of rotatable bonds is 13. The minimum absolute atomic E-state index is 0.144. The van der Waals surface area contributed by atoms with E-state index in [1.54, 1.807) is 31.2 Å². The summed E-state index contributed by atoms with van der Waals surface area (Å²) < 4.78 is 22.1. The number of hydrogen-bond acceptors (Lipinski definition) is 8. The summed E-state index contributed by atoms with van der Waals surface area (Å²) in [5.41, 5.74) is 0.548. The van der Waals surface area contributed by atoms with E-state index in [1.165, 1.54) is 6.92 Å². The molecular weight excluding hydrogens is 497 g/mol. The summed E-state index contributed by atoms with van der Waals surface area (Å²) in [6, 6.07) is 4.85. The molecule has 0 heterocycles. The van der Waals surface area contributed by atoms with E-state index < -0.39 is 17.7 Å². The maximum atomic E-state index is 12.9. The maximum Gasteiger partial charge on any atom is 0.258 e. The van der Waals surface area contributed by atoms with Crippen molar-refractivity contribution in [2.24, 2.45) is 10.2 Å². The number of nitrogens with one attached hydrogen (secondary N) is 1. The van der Waals surface area contributed by atoms with Crippen LogP contribution < -0.4 is 24.3 Å². The molecule has 0 saturated carbocycles. The Morgan fingerprint density at radius 2 is 1.40 bits per heavy atom. The number of azo groups is 1. The van der Waals surface area contributed by atoms with Gasteiger partial charge in [-0.25, -0.2) is 0 Å². The summed E-state index contributed by atoms with van der Waals surface area (Å²) in [5, 5.41) is 11.1. The number of carbonyl (C=O) groups excluding carboxylic acids is 2. The maximum absolute atomic E-state index is 12.9. The first-order valence-electron chi connectivity index (χ1n) is 11.2. The summed E-state index contributed by atoms with van der Waals surface area (Å²) in [4.78, 5) is 25.1. The van der Waals surface area contributed by atoms with Crippen molar-refractivity contribution in [2.75, 3.05) is 31.7 Å². The summed E-state index contributed by atoms with van der Waals surface area (Å²) in [7, 11) is 0. The molecule has 0 bridgehead atoms. The average molecular weight is 526 g/mol. The zero-order valence-electron chi connectivity index (χ0n) is 20.3. The monoisotopic (exact) mass is 525 g/mol. The molecule has 1 atom stereocenters. The van der Waals surface area contributed by atoms with Gasteiger partial charge >= 0.3 is 0 Å². The fourth-order valence-electron chi connectivity index (χ4n) is 2.96. The number of anilines is 1. The van der Waals surface area contributed by atoms with Crippen LogP contribution in [0.2, 0.25) is 10.0 Å². The van der Waals surface area contributed by atoms with Gasteiger partial charge in [-0.2, -0.15) is 10.2 Å². The fourth-order valence-corrected chi connectivity index (χ4v) is 3.44. The predicted molar refractivity (Wildman–Crippen MR) is 135 cm³/mol. The van der Waals surface area contributed by atoms with Gasteiger partial charge in [-0.05, 0) is 46.8 Å². The third-order valence-electron chi connectivity index (χ3n) is 4.42. The molecule has 1 amide bonds. The second-order valence-electron chi connectivity index (χ2n) is 6.96. The molecule has 0 aliphatic rings. The van der Waals surface area contributed by atoms with Gasteiger partial charge in [-0.3, -0.25) is 9.59 Å². The third-order valence-corrected chi connectivity index (χ3v) is 5.17. The van der Waals surface area contributed by atoms with Crippen LogP contribution in [0.15, 0.2) is 34.5 Å². The van der Waals surface area contributed by atoms with Crippen LogP contribution in [0.3, 0.4) is 0 Å². The van der Waals surface area contributed by atoms with Crippen molar-refractivity contribution in [3.8, 4) is 23.0 Å². The zero-order valence-corrected chi connectivity index (χ0v) is 21.8. The Morgan fingerprint density at radius 3 is 1.91 bits per heavy atom. The number of nitrogens with zero attached hydrogens (tertiary/aromatic N) is 2. The third kappa shape index (κ3) is 7.47. The lowest BCUT2D eigenvalue weighted by molar-refractivity contribution is -0.126. The first-order valence-corrected chi connectivity index (χ1v) is 11.9. The van der Waals surface area contributed by atoms with Crippen molar-refractivity contribution in [2.45, 2.75) is 40.7 Å². The fraction of sp³-hybridized carbons (Fsp3) is 0.417. The van der Waals surface area contributed by atoms with E-state index in [9.17, 15) is 9.59 Å². The summed E-state index contributed by atoms with van der Waals surface area (Å²) in [5.74, 6) is 0.215. The van der Waals surface area contributed by atoms with Crippen molar-refractivity contribution >= 4 is 46.3 Å². The molecule has 0 aromatic heterocycles. The topological polar surface area (TPSA) is 108 Å². The van der Waals surface area contributed by atoms with E-state index >= 15 is 0 Å². The molecule has 0 fully saturated rings. The van der Waals surface area contributed by atoms with Gasteiger partial charge in [0.2, 0.25) is 6.04 Å². The number of ether oxygens (including phenoxy) is 4. The lowest BCUT2D eigenvalue weighted by atomic mass is 10.2. The largest absolute Gasteiger partial charge is 0.492 e. The number of hydrogen-bond donors (Lipinski definition) is 1. The molecule has 0 aliphatic heterocycles. The van der Waals surface area contributed by atoms with Gasteiger partial charge in [-0.1, -0.05) is 23.2 Å². The van der Waals surface area contributed by atoms with Crippen molar-refractivity contribution in [1.29, 1.82) is 0 Å². The van der Waals surface area contributed by atoms with Crippen LogP contribution in [0.4, 0.5) is 11.4 Å². The highest BCUT2D eigenvalue weighted by Crippen LogP contribution is 2.41. The summed E-state index contributed by atoms with van der Waals surface area (Å²) in [6.45, 7) is 9.99. The van der Waals surface area contributed by atoms with E-state index in [1.807, 2.05) is 20.8 Å². The van der Waals surface area contributed by atoms with E-state index in [2.05, 4.69) is 15.5 Å². The Hall–Kier alpha value is -3.04.